The molecule has 0 aromatic carbocycles. The maximum Gasteiger partial charge on any atom is -0.0267 e. The van der Waals surface area contributed by atoms with E-state index in [1.54, 1.807) is 0 Å². The van der Waals surface area contributed by atoms with Crippen LogP contribution in [0, 0.1) is 0 Å². The van der Waals surface area contributed by atoms with Crippen molar-refractivity contribution in [3.05, 3.63) is 0 Å². The first-order valence-corrected chi connectivity index (χ1v) is 3.69. The minimum Gasteiger partial charge on any atom is -0.313 e. The molecule has 0 saturated carbocycles. The van der Waals surface area contributed by atoms with Crippen molar-refractivity contribution in [2.45, 2.75) is 6.92 Å². The maximum absolute atomic E-state index is 5.28. The fraction of sp³-hybridized carbons (Fsp3) is 0.667. The molecule has 2 N–H and O–H groups in total. The smallest absolute Gasteiger partial charge is 0.0267 e. The minimum atomic E-state index is -0.624. The highest BCUT2D eigenvalue weighted by Gasteiger charge is 1.65. The third kappa shape index (κ3) is 4.26. The highest BCUT2D eigenvalue weighted by atomic mass is 31.1. The Bertz CT molecular complexity index is 42.2. The zero-order valence-corrected chi connectivity index (χ0v) is 4.49. The standard InChI is InChI=1S/C3H10NP/c1-3-5(2)4/h5H,2-4H2,1H3. The van der Waals surface area contributed by atoms with Gasteiger partial charge in [-0.3, -0.25) is 0 Å². The number of rotatable bonds is 1. The van der Waals surface area contributed by atoms with Gasteiger partial charge >= 0.3 is 0 Å². The van der Waals surface area contributed by atoms with E-state index in [0.29, 0.717) is 0 Å². The maximum atomic E-state index is 5.28. The van der Waals surface area contributed by atoms with Crippen LogP contribution < -0.4 is 5.50 Å². The summed E-state index contributed by atoms with van der Waals surface area (Å²) in [5, 5.41) is 0. The first kappa shape index (κ1) is 5.26. The molecule has 32 valence electrons. The van der Waals surface area contributed by atoms with E-state index in [4.69, 9.17) is 5.50 Å². The molecule has 0 rings (SSSR count). The lowest BCUT2D eigenvalue weighted by Crippen LogP contribution is -1.77. The number of hydrogen-bond acceptors (Lipinski definition) is 1. The van der Waals surface area contributed by atoms with E-state index < -0.39 is 7.70 Å². The van der Waals surface area contributed by atoms with E-state index in [0.717, 1.165) is 6.16 Å². The van der Waals surface area contributed by atoms with Crippen LogP contribution in [-0.2, 0) is 0 Å². The van der Waals surface area contributed by atoms with Gasteiger partial charge in [0.05, 0.1) is 0 Å². The second-order valence-electron chi connectivity index (χ2n) is 1.01. The highest BCUT2D eigenvalue weighted by Crippen LogP contribution is 2.01. The van der Waals surface area contributed by atoms with Crippen LogP contribution in [0.1, 0.15) is 6.92 Å². The Morgan fingerprint density at radius 1 is 2.00 bits per heavy atom. The molecule has 1 unspecified atom stereocenters. The second-order valence-corrected chi connectivity index (χ2v) is 3.04. The van der Waals surface area contributed by atoms with Gasteiger partial charge in [0.1, 0.15) is 0 Å². The first-order valence-electron chi connectivity index (χ1n) is 1.70. The Labute approximate surface area is 33.6 Å². The van der Waals surface area contributed by atoms with Crippen LogP contribution in [0.15, 0.2) is 0 Å². The Morgan fingerprint density at radius 3 is 2.20 bits per heavy atom. The lowest BCUT2D eigenvalue weighted by atomic mass is 11.0. The predicted octanol–water partition coefficient (Wildman–Crippen LogP) is 0.526. The van der Waals surface area contributed by atoms with Gasteiger partial charge in [0.25, 0.3) is 0 Å². The van der Waals surface area contributed by atoms with Gasteiger partial charge in [0.2, 0.25) is 0 Å². The predicted molar refractivity (Wildman–Crippen MR) is 30.2 cm³/mol. The summed E-state index contributed by atoms with van der Waals surface area (Å²) in [5.74, 6) is 0. The summed E-state index contributed by atoms with van der Waals surface area (Å²) in [6.07, 6.45) is 4.71. The van der Waals surface area contributed by atoms with Crippen molar-refractivity contribution in [2.75, 3.05) is 6.16 Å². The lowest BCUT2D eigenvalue weighted by Gasteiger charge is -1.83. The van der Waals surface area contributed by atoms with Crippen molar-refractivity contribution < 1.29 is 0 Å². The Balaban J connectivity index is 2.85. The van der Waals surface area contributed by atoms with Crippen molar-refractivity contribution in [3.63, 3.8) is 0 Å². The average Bonchev–Trinajstić information content (AvgIpc) is 1.38. The zero-order chi connectivity index (χ0) is 4.28. The van der Waals surface area contributed by atoms with E-state index >= 15 is 0 Å². The van der Waals surface area contributed by atoms with Gasteiger partial charge < -0.3 is 5.50 Å². The molecule has 0 fully saturated rings. The molecule has 0 spiro atoms. The molecular formula is C3H10NP. The molecule has 0 saturated heterocycles. The summed E-state index contributed by atoms with van der Waals surface area (Å²) in [4.78, 5) is 0. The summed E-state index contributed by atoms with van der Waals surface area (Å²) in [6.45, 7) is 2.06. The topological polar surface area (TPSA) is 26.0 Å². The van der Waals surface area contributed by atoms with Crippen molar-refractivity contribution in [1.29, 1.82) is 0 Å². The van der Waals surface area contributed by atoms with E-state index in [1.807, 2.05) is 0 Å². The molecule has 1 nitrogen and oxygen atoms in total. The fourth-order valence-electron chi connectivity index (χ4n) is 0. The summed E-state index contributed by atoms with van der Waals surface area (Å²) >= 11 is 0. The molecule has 5 heavy (non-hydrogen) atoms. The molecule has 2 heteroatoms. The molecular weight excluding hydrogens is 81.0 g/mol. The summed E-state index contributed by atoms with van der Waals surface area (Å²) in [5.41, 5.74) is 5.28. The van der Waals surface area contributed by atoms with E-state index in [9.17, 15) is 0 Å². The Kier molecular flexibility index (Phi) is 2.62. The van der Waals surface area contributed by atoms with Gasteiger partial charge in [-0.25, -0.2) is 0 Å². The van der Waals surface area contributed by atoms with Gasteiger partial charge in [-0.05, 0) is 6.16 Å². The normalized spacial score (nSPS) is 14.8. The Morgan fingerprint density at radius 2 is 2.20 bits per heavy atom. The van der Waals surface area contributed by atoms with Crippen LogP contribution in [0.25, 0.3) is 0 Å². The van der Waals surface area contributed by atoms with E-state index in [1.165, 1.54) is 0 Å². The molecule has 0 aliphatic carbocycles. The van der Waals surface area contributed by atoms with Crippen LogP contribution in [0.2, 0.25) is 0 Å². The average molecular weight is 91.1 g/mol. The SMILES string of the molecule is C=[PH](N)CC. The molecule has 0 bridgehead atoms. The Hall–Kier alpha value is 0.260. The van der Waals surface area contributed by atoms with Gasteiger partial charge in [0.15, 0.2) is 0 Å². The highest BCUT2D eigenvalue weighted by molar-refractivity contribution is 7.53. The summed E-state index contributed by atoms with van der Waals surface area (Å²) in [7, 11) is -0.624. The third-order valence-corrected chi connectivity index (χ3v) is 1.36. The van der Waals surface area contributed by atoms with Crippen LogP contribution in [0.5, 0.6) is 0 Å². The molecule has 0 heterocycles. The van der Waals surface area contributed by atoms with Gasteiger partial charge in [-0.1, -0.05) is 20.9 Å². The van der Waals surface area contributed by atoms with Crippen molar-refractivity contribution >= 4 is 14.0 Å². The molecule has 0 amide bonds. The lowest BCUT2D eigenvalue weighted by molar-refractivity contribution is 1.50. The van der Waals surface area contributed by atoms with Crippen LogP contribution >= 0.6 is 7.70 Å². The molecule has 0 aromatic heterocycles. The van der Waals surface area contributed by atoms with Gasteiger partial charge in [-0.15, -0.1) is 0 Å². The molecule has 0 radical (unpaired) electrons. The van der Waals surface area contributed by atoms with Crippen molar-refractivity contribution in [3.8, 4) is 0 Å². The van der Waals surface area contributed by atoms with Crippen molar-refractivity contribution in [2.24, 2.45) is 5.50 Å². The molecule has 0 aliphatic heterocycles. The van der Waals surface area contributed by atoms with Crippen LogP contribution in [0.4, 0.5) is 0 Å². The zero-order valence-electron chi connectivity index (χ0n) is 3.49. The largest absolute Gasteiger partial charge is 0.313 e. The van der Waals surface area contributed by atoms with Crippen molar-refractivity contribution in [1.82, 2.24) is 0 Å². The van der Waals surface area contributed by atoms with Crippen LogP contribution in [-0.4, -0.2) is 12.5 Å². The molecule has 1 atom stereocenters. The molecule has 0 aromatic rings. The van der Waals surface area contributed by atoms with E-state index in [2.05, 4.69) is 13.2 Å². The molecule has 0 aliphatic rings. The quantitative estimate of drug-likeness (QED) is 0.468. The fourth-order valence-corrected chi connectivity index (χ4v) is 0. The summed E-state index contributed by atoms with van der Waals surface area (Å²) < 4.78 is 0. The monoisotopic (exact) mass is 91.1 g/mol. The summed E-state index contributed by atoms with van der Waals surface area (Å²) in [6, 6.07) is 0. The van der Waals surface area contributed by atoms with Crippen LogP contribution in [0.3, 0.4) is 0 Å². The first-order chi connectivity index (χ1) is 2.27. The van der Waals surface area contributed by atoms with Gasteiger partial charge in [0, 0.05) is 0 Å². The van der Waals surface area contributed by atoms with E-state index in [-0.39, 0.29) is 0 Å². The number of hydrogen-bond donors (Lipinski definition) is 1. The third-order valence-electron chi connectivity index (χ3n) is 0.454. The second kappa shape index (κ2) is 2.49. The minimum absolute atomic E-state index is 0.624. The van der Waals surface area contributed by atoms with Gasteiger partial charge in [-0.2, -0.15) is 0 Å². The number of nitrogens with two attached hydrogens (primary N) is 1.